The van der Waals surface area contributed by atoms with Gasteiger partial charge >= 0.3 is 0 Å². The van der Waals surface area contributed by atoms with E-state index in [0.29, 0.717) is 23.5 Å². The molecule has 1 heterocycles. The fourth-order valence-electron chi connectivity index (χ4n) is 2.33. The third-order valence-electron chi connectivity index (χ3n) is 3.38. The molecule has 1 amide bonds. The standard InChI is InChI=1S/C15H14FN3O/c1-8-3-2-4-10(16)15(8)19-13-7-12-9(5-11(13)17)6-14(20)18-12/h2-5,7,19H,6,17H2,1H3,(H,18,20). The molecule has 2 aromatic carbocycles. The Morgan fingerprint density at radius 3 is 2.90 bits per heavy atom. The van der Waals surface area contributed by atoms with E-state index < -0.39 is 0 Å². The number of carbonyl (C=O) groups excluding carboxylic acids is 1. The third-order valence-corrected chi connectivity index (χ3v) is 3.38. The van der Waals surface area contributed by atoms with Crippen LogP contribution in [0.25, 0.3) is 0 Å². The van der Waals surface area contributed by atoms with Crippen LogP contribution in [0.2, 0.25) is 0 Å². The number of nitrogens with one attached hydrogen (secondary N) is 2. The largest absolute Gasteiger partial charge is 0.397 e. The zero-order valence-corrected chi connectivity index (χ0v) is 11.0. The Labute approximate surface area is 115 Å². The van der Waals surface area contributed by atoms with Crippen LogP contribution < -0.4 is 16.4 Å². The molecule has 2 aromatic rings. The summed E-state index contributed by atoms with van der Waals surface area (Å²) in [5, 5.41) is 5.75. The number of amides is 1. The molecule has 0 bridgehead atoms. The van der Waals surface area contributed by atoms with E-state index in [1.807, 2.05) is 13.0 Å². The first-order valence-corrected chi connectivity index (χ1v) is 6.29. The van der Waals surface area contributed by atoms with Crippen molar-refractivity contribution in [2.45, 2.75) is 13.3 Å². The van der Waals surface area contributed by atoms with Crippen LogP contribution >= 0.6 is 0 Å². The number of benzene rings is 2. The lowest BCUT2D eigenvalue weighted by Crippen LogP contribution is -2.04. The number of rotatable bonds is 2. The molecule has 0 radical (unpaired) electrons. The molecule has 20 heavy (non-hydrogen) atoms. The molecule has 0 spiro atoms. The Balaban J connectivity index is 2.00. The molecule has 0 unspecified atom stereocenters. The van der Waals surface area contributed by atoms with Gasteiger partial charge in [0.05, 0.1) is 23.5 Å². The van der Waals surface area contributed by atoms with Crippen LogP contribution in [0.4, 0.5) is 27.1 Å². The first-order valence-electron chi connectivity index (χ1n) is 6.29. The molecule has 5 heteroatoms. The maximum Gasteiger partial charge on any atom is 0.228 e. The number of nitrogen functional groups attached to an aromatic ring is 1. The fraction of sp³-hybridized carbons (Fsp3) is 0.133. The van der Waals surface area contributed by atoms with Gasteiger partial charge in [-0.15, -0.1) is 0 Å². The molecule has 0 fully saturated rings. The van der Waals surface area contributed by atoms with Crippen LogP contribution in [-0.2, 0) is 11.2 Å². The van der Waals surface area contributed by atoms with Gasteiger partial charge in [-0.25, -0.2) is 4.39 Å². The molecule has 1 aliphatic rings. The molecule has 0 saturated heterocycles. The quantitative estimate of drug-likeness (QED) is 0.736. The number of hydrogen-bond acceptors (Lipinski definition) is 3. The summed E-state index contributed by atoms with van der Waals surface area (Å²) in [5.74, 6) is -0.396. The zero-order valence-electron chi connectivity index (χ0n) is 11.0. The predicted octanol–water partition coefficient (Wildman–Crippen LogP) is 2.95. The molecular formula is C15H14FN3O. The van der Waals surface area contributed by atoms with Crippen molar-refractivity contribution in [2.75, 3.05) is 16.4 Å². The van der Waals surface area contributed by atoms with Crippen molar-refractivity contribution < 1.29 is 9.18 Å². The number of halogens is 1. The number of hydrogen-bond donors (Lipinski definition) is 3. The van der Waals surface area contributed by atoms with Crippen molar-refractivity contribution in [3.8, 4) is 0 Å². The van der Waals surface area contributed by atoms with Crippen molar-refractivity contribution >= 4 is 28.7 Å². The summed E-state index contributed by atoms with van der Waals surface area (Å²) >= 11 is 0. The molecule has 1 aliphatic heterocycles. The van der Waals surface area contributed by atoms with Crippen LogP contribution in [0.1, 0.15) is 11.1 Å². The van der Waals surface area contributed by atoms with Crippen LogP contribution in [0, 0.1) is 12.7 Å². The Kier molecular flexibility index (Phi) is 2.82. The number of aryl methyl sites for hydroxylation is 1. The molecular weight excluding hydrogens is 257 g/mol. The average Bonchev–Trinajstić information content (AvgIpc) is 2.73. The second kappa shape index (κ2) is 4.52. The summed E-state index contributed by atoms with van der Waals surface area (Å²) in [7, 11) is 0. The van der Waals surface area contributed by atoms with Crippen molar-refractivity contribution in [2.24, 2.45) is 0 Å². The van der Waals surface area contributed by atoms with E-state index in [4.69, 9.17) is 5.73 Å². The van der Waals surface area contributed by atoms with E-state index in [0.717, 1.165) is 16.8 Å². The summed E-state index contributed by atoms with van der Waals surface area (Å²) in [6.45, 7) is 1.82. The van der Waals surface area contributed by atoms with Gasteiger partial charge in [0.25, 0.3) is 0 Å². The number of fused-ring (bicyclic) bond motifs is 1. The normalized spacial score (nSPS) is 13.0. The van der Waals surface area contributed by atoms with E-state index in [9.17, 15) is 9.18 Å². The minimum atomic E-state index is -0.339. The number of nitrogens with two attached hydrogens (primary N) is 1. The van der Waals surface area contributed by atoms with Gasteiger partial charge in [-0.1, -0.05) is 12.1 Å². The first kappa shape index (κ1) is 12.5. The summed E-state index contributed by atoms with van der Waals surface area (Å²) in [6.07, 6.45) is 0.332. The van der Waals surface area contributed by atoms with Gasteiger partial charge in [-0.05, 0) is 36.2 Å². The molecule has 0 aromatic heterocycles. The molecule has 0 saturated carbocycles. The van der Waals surface area contributed by atoms with Crippen LogP contribution in [0.3, 0.4) is 0 Å². The molecule has 4 nitrogen and oxygen atoms in total. The Morgan fingerprint density at radius 1 is 1.35 bits per heavy atom. The maximum absolute atomic E-state index is 13.8. The molecule has 4 N–H and O–H groups in total. The van der Waals surface area contributed by atoms with E-state index in [-0.39, 0.29) is 11.7 Å². The maximum atomic E-state index is 13.8. The zero-order chi connectivity index (χ0) is 14.3. The lowest BCUT2D eigenvalue weighted by molar-refractivity contribution is -0.115. The minimum Gasteiger partial charge on any atom is -0.397 e. The van der Waals surface area contributed by atoms with Crippen LogP contribution in [-0.4, -0.2) is 5.91 Å². The summed E-state index contributed by atoms with van der Waals surface area (Å²) < 4.78 is 13.8. The first-order chi connectivity index (χ1) is 9.54. The van der Waals surface area contributed by atoms with Gasteiger partial charge in [-0.3, -0.25) is 4.79 Å². The van der Waals surface area contributed by atoms with E-state index in [1.165, 1.54) is 6.07 Å². The Bertz CT molecular complexity index is 692. The molecule has 102 valence electrons. The van der Waals surface area contributed by atoms with E-state index >= 15 is 0 Å². The van der Waals surface area contributed by atoms with Crippen molar-refractivity contribution in [3.05, 3.63) is 47.3 Å². The molecule has 0 aliphatic carbocycles. The Hall–Kier alpha value is -2.56. The average molecular weight is 271 g/mol. The highest BCUT2D eigenvalue weighted by Crippen LogP contribution is 2.34. The molecule has 3 rings (SSSR count). The second-order valence-electron chi connectivity index (χ2n) is 4.88. The van der Waals surface area contributed by atoms with Crippen LogP contribution in [0.5, 0.6) is 0 Å². The van der Waals surface area contributed by atoms with Gasteiger partial charge in [0.1, 0.15) is 5.82 Å². The number of carbonyl (C=O) groups is 1. The Morgan fingerprint density at radius 2 is 2.15 bits per heavy atom. The highest BCUT2D eigenvalue weighted by atomic mass is 19.1. The summed E-state index contributed by atoms with van der Waals surface area (Å²) in [6, 6.07) is 8.34. The topological polar surface area (TPSA) is 67.1 Å². The highest BCUT2D eigenvalue weighted by Gasteiger charge is 2.19. The predicted molar refractivity (Wildman–Crippen MR) is 77.6 cm³/mol. The van der Waals surface area contributed by atoms with Crippen LogP contribution in [0.15, 0.2) is 30.3 Å². The van der Waals surface area contributed by atoms with E-state index in [1.54, 1.807) is 18.2 Å². The SMILES string of the molecule is Cc1cccc(F)c1Nc1cc2c(cc1N)CC(=O)N2. The third kappa shape index (κ3) is 2.07. The lowest BCUT2D eigenvalue weighted by atomic mass is 10.1. The summed E-state index contributed by atoms with van der Waals surface area (Å²) in [5.41, 5.74) is 9.80. The second-order valence-corrected chi connectivity index (χ2v) is 4.88. The highest BCUT2D eigenvalue weighted by molar-refractivity contribution is 6.01. The smallest absolute Gasteiger partial charge is 0.228 e. The van der Waals surface area contributed by atoms with Gasteiger partial charge in [0.15, 0.2) is 0 Å². The van der Waals surface area contributed by atoms with Crippen molar-refractivity contribution in [1.82, 2.24) is 0 Å². The lowest BCUT2D eigenvalue weighted by Gasteiger charge is -2.14. The fourth-order valence-corrected chi connectivity index (χ4v) is 2.33. The van der Waals surface area contributed by atoms with E-state index in [2.05, 4.69) is 10.6 Å². The molecule has 0 atom stereocenters. The van der Waals surface area contributed by atoms with Gasteiger partial charge in [-0.2, -0.15) is 0 Å². The number of para-hydroxylation sites is 1. The number of anilines is 4. The van der Waals surface area contributed by atoms with Crippen molar-refractivity contribution in [1.29, 1.82) is 0 Å². The summed E-state index contributed by atoms with van der Waals surface area (Å²) in [4.78, 5) is 11.4. The minimum absolute atomic E-state index is 0.0568. The van der Waals surface area contributed by atoms with Gasteiger partial charge in [0.2, 0.25) is 5.91 Å². The van der Waals surface area contributed by atoms with Gasteiger partial charge in [0, 0.05) is 5.69 Å². The monoisotopic (exact) mass is 271 g/mol. The van der Waals surface area contributed by atoms with Crippen molar-refractivity contribution in [3.63, 3.8) is 0 Å². The van der Waals surface area contributed by atoms with Gasteiger partial charge < -0.3 is 16.4 Å².